The summed E-state index contributed by atoms with van der Waals surface area (Å²) < 4.78 is 18.9. The lowest BCUT2D eigenvalue weighted by Gasteiger charge is -2.25. The fourth-order valence-electron chi connectivity index (χ4n) is 3.21. The van der Waals surface area contributed by atoms with E-state index >= 15 is 0 Å². The van der Waals surface area contributed by atoms with E-state index in [9.17, 15) is 4.39 Å². The lowest BCUT2D eigenvalue weighted by molar-refractivity contribution is 0.346. The molecule has 2 aromatic rings. The Morgan fingerprint density at radius 2 is 1.81 bits per heavy atom. The van der Waals surface area contributed by atoms with E-state index in [1.807, 2.05) is 13.0 Å². The number of hydrogen-bond acceptors (Lipinski definition) is 1. The molecular weight excluding hydrogens is 287 g/mol. The van der Waals surface area contributed by atoms with E-state index in [-0.39, 0.29) is 11.2 Å². The van der Waals surface area contributed by atoms with Crippen LogP contribution >= 0.6 is 11.6 Å². The van der Waals surface area contributed by atoms with Gasteiger partial charge in [0.05, 0.1) is 5.38 Å². The molecule has 21 heavy (non-hydrogen) atoms. The van der Waals surface area contributed by atoms with Gasteiger partial charge in [0.15, 0.2) is 0 Å². The molecule has 1 fully saturated rings. The second-order valence-corrected chi connectivity index (χ2v) is 6.40. The normalized spacial score (nSPS) is 17.9. The summed E-state index contributed by atoms with van der Waals surface area (Å²) in [7, 11) is 0. The Hall–Kier alpha value is -1.28. The molecule has 1 aliphatic carbocycles. The summed E-state index contributed by atoms with van der Waals surface area (Å²) in [4.78, 5) is 0. The topological polar surface area (TPSA) is 13.1 Å². The predicted molar refractivity (Wildman–Crippen MR) is 84.0 cm³/mol. The molecule has 112 valence electrons. The van der Waals surface area contributed by atoms with Gasteiger partial charge in [-0.05, 0) is 56.0 Å². The summed E-state index contributed by atoms with van der Waals surface area (Å²) in [6.45, 7) is 1.96. The second-order valence-electron chi connectivity index (χ2n) is 5.93. The first-order chi connectivity index (χ1) is 10.1. The minimum absolute atomic E-state index is 0.0169. The van der Waals surface area contributed by atoms with Gasteiger partial charge >= 0.3 is 0 Å². The number of alkyl halides is 1. The van der Waals surface area contributed by atoms with Crippen LogP contribution in [0.2, 0.25) is 0 Å². The molecule has 3 heteroatoms. The van der Waals surface area contributed by atoms with Gasteiger partial charge in [-0.2, -0.15) is 0 Å². The van der Waals surface area contributed by atoms with Crippen LogP contribution in [0.3, 0.4) is 0 Å². The monoisotopic (exact) mass is 306 g/mol. The van der Waals surface area contributed by atoms with Crippen LogP contribution in [-0.2, 0) is 0 Å². The summed E-state index contributed by atoms with van der Waals surface area (Å²) in [5, 5.41) is 0.0169. The number of furan rings is 1. The van der Waals surface area contributed by atoms with Crippen molar-refractivity contribution in [3.8, 4) is 11.3 Å². The van der Waals surface area contributed by atoms with Gasteiger partial charge in [-0.15, -0.1) is 11.6 Å². The average Bonchev–Trinajstić information content (AvgIpc) is 2.90. The lowest BCUT2D eigenvalue weighted by Crippen LogP contribution is -2.12. The zero-order chi connectivity index (χ0) is 14.8. The third-order valence-corrected chi connectivity index (χ3v) is 5.04. The van der Waals surface area contributed by atoms with E-state index in [1.165, 1.54) is 44.2 Å². The van der Waals surface area contributed by atoms with E-state index in [1.54, 1.807) is 12.1 Å². The van der Waals surface area contributed by atoms with E-state index in [4.69, 9.17) is 16.0 Å². The molecule has 1 heterocycles. The highest BCUT2D eigenvalue weighted by atomic mass is 35.5. The Labute approximate surface area is 130 Å². The summed E-state index contributed by atoms with van der Waals surface area (Å²) in [6.07, 6.45) is 6.27. The van der Waals surface area contributed by atoms with Crippen molar-refractivity contribution in [1.29, 1.82) is 0 Å². The van der Waals surface area contributed by atoms with Crippen LogP contribution in [-0.4, -0.2) is 0 Å². The number of benzene rings is 1. The molecule has 1 saturated carbocycles. The fraction of sp³-hybridized carbons (Fsp3) is 0.444. The summed E-state index contributed by atoms with van der Waals surface area (Å²) >= 11 is 6.70. The van der Waals surface area contributed by atoms with Crippen LogP contribution in [0.4, 0.5) is 4.39 Å². The van der Waals surface area contributed by atoms with Crippen molar-refractivity contribution in [2.75, 3.05) is 0 Å². The van der Waals surface area contributed by atoms with Crippen molar-refractivity contribution in [3.05, 3.63) is 47.5 Å². The molecule has 0 N–H and O–H groups in total. The predicted octanol–water partition coefficient (Wildman–Crippen LogP) is 6.25. The zero-order valence-electron chi connectivity index (χ0n) is 12.2. The maximum atomic E-state index is 13.0. The van der Waals surface area contributed by atoms with Crippen LogP contribution in [0.25, 0.3) is 11.3 Å². The number of aryl methyl sites for hydroxylation is 1. The van der Waals surface area contributed by atoms with Crippen molar-refractivity contribution in [1.82, 2.24) is 0 Å². The Morgan fingerprint density at radius 1 is 1.14 bits per heavy atom. The van der Waals surface area contributed by atoms with Gasteiger partial charge in [0, 0.05) is 11.1 Å². The third-order valence-electron chi connectivity index (χ3n) is 4.45. The first-order valence-electron chi connectivity index (χ1n) is 7.65. The van der Waals surface area contributed by atoms with E-state index in [2.05, 4.69) is 0 Å². The molecule has 0 radical (unpaired) electrons. The van der Waals surface area contributed by atoms with Gasteiger partial charge in [-0.1, -0.05) is 19.3 Å². The van der Waals surface area contributed by atoms with Crippen LogP contribution in [0.15, 0.2) is 34.7 Å². The molecule has 1 unspecified atom stereocenters. The number of hydrogen-bond donors (Lipinski definition) is 0. The molecule has 1 aliphatic rings. The number of halogens is 2. The highest BCUT2D eigenvalue weighted by Gasteiger charge is 2.26. The Kier molecular flexibility index (Phi) is 4.34. The first kappa shape index (κ1) is 14.6. The second kappa shape index (κ2) is 6.23. The van der Waals surface area contributed by atoms with Gasteiger partial charge in [0.2, 0.25) is 0 Å². The standard InChI is InChI=1S/C18H20ClFO/c1-12-16(18(19)14-5-3-2-4-6-14)11-17(21-12)13-7-9-15(20)10-8-13/h7-11,14,18H,2-6H2,1H3. The molecule has 0 bridgehead atoms. The molecule has 3 rings (SSSR count). The highest BCUT2D eigenvalue weighted by molar-refractivity contribution is 6.21. The molecule has 1 aromatic carbocycles. The van der Waals surface area contributed by atoms with E-state index in [0.29, 0.717) is 5.92 Å². The Morgan fingerprint density at radius 3 is 2.48 bits per heavy atom. The van der Waals surface area contributed by atoms with Gasteiger partial charge in [0.25, 0.3) is 0 Å². The van der Waals surface area contributed by atoms with Gasteiger partial charge < -0.3 is 4.42 Å². The largest absolute Gasteiger partial charge is 0.461 e. The number of rotatable bonds is 3. The Balaban J connectivity index is 1.85. The fourth-order valence-corrected chi connectivity index (χ4v) is 3.68. The molecule has 0 aliphatic heterocycles. The van der Waals surface area contributed by atoms with Crippen molar-refractivity contribution in [3.63, 3.8) is 0 Å². The van der Waals surface area contributed by atoms with E-state index in [0.717, 1.165) is 22.6 Å². The molecule has 1 aromatic heterocycles. The molecule has 0 amide bonds. The molecule has 1 nitrogen and oxygen atoms in total. The van der Waals surface area contributed by atoms with Gasteiger partial charge in [-0.3, -0.25) is 0 Å². The first-order valence-corrected chi connectivity index (χ1v) is 8.09. The van der Waals surface area contributed by atoms with Gasteiger partial charge in [0.1, 0.15) is 17.3 Å². The third kappa shape index (κ3) is 3.16. The van der Waals surface area contributed by atoms with Crippen LogP contribution in [0, 0.1) is 18.7 Å². The van der Waals surface area contributed by atoms with Crippen molar-refractivity contribution in [2.45, 2.75) is 44.4 Å². The molecular formula is C18H20ClFO. The van der Waals surface area contributed by atoms with Gasteiger partial charge in [-0.25, -0.2) is 4.39 Å². The SMILES string of the molecule is Cc1oc(-c2ccc(F)cc2)cc1C(Cl)C1CCCCC1. The molecule has 0 saturated heterocycles. The Bertz CT molecular complexity index is 596. The van der Waals surface area contributed by atoms with Crippen molar-refractivity contribution >= 4 is 11.6 Å². The maximum absolute atomic E-state index is 13.0. The summed E-state index contributed by atoms with van der Waals surface area (Å²) in [6, 6.07) is 8.40. The van der Waals surface area contributed by atoms with Crippen molar-refractivity contribution < 1.29 is 8.81 Å². The maximum Gasteiger partial charge on any atom is 0.134 e. The minimum atomic E-state index is -0.236. The molecule has 0 spiro atoms. The average molecular weight is 307 g/mol. The van der Waals surface area contributed by atoms with Crippen molar-refractivity contribution in [2.24, 2.45) is 5.92 Å². The van der Waals surface area contributed by atoms with E-state index < -0.39 is 0 Å². The summed E-state index contributed by atoms with van der Waals surface area (Å²) in [5.41, 5.74) is 1.97. The minimum Gasteiger partial charge on any atom is -0.461 e. The molecule has 1 atom stereocenters. The highest BCUT2D eigenvalue weighted by Crippen LogP contribution is 2.41. The lowest BCUT2D eigenvalue weighted by atomic mass is 9.84. The quantitative estimate of drug-likeness (QED) is 0.610. The van der Waals surface area contributed by atoms with Crippen LogP contribution in [0.5, 0.6) is 0 Å². The van der Waals surface area contributed by atoms with Crippen LogP contribution < -0.4 is 0 Å². The smallest absolute Gasteiger partial charge is 0.134 e. The summed E-state index contributed by atoms with van der Waals surface area (Å²) in [5.74, 6) is 1.95. The zero-order valence-corrected chi connectivity index (χ0v) is 13.0. The van der Waals surface area contributed by atoms with Crippen LogP contribution in [0.1, 0.15) is 48.8 Å².